The Morgan fingerprint density at radius 3 is 2.31 bits per heavy atom. The maximum absolute atomic E-state index is 7.21. The molecule has 0 fully saturated rings. The molecule has 3 N–H and O–H groups in total. The molecule has 0 aromatic heterocycles. The smallest absolute Gasteiger partial charge is 0.0843 e. The minimum atomic E-state index is 0.388. The van der Waals surface area contributed by atoms with Crippen LogP contribution in [0.15, 0.2) is 24.3 Å². The first-order valence-corrected chi connectivity index (χ1v) is 5.62. The lowest BCUT2D eigenvalue weighted by Crippen LogP contribution is -2.06. The number of hydrogen-bond acceptors (Lipinski definition) is 3. The molecule has 0 aliphatic carbocycles. The highest BCUT2D eigenvalue weighted by atomic mass is 16.5. The first-order chi connectivity index (χ1) is 7.74. The van der Waals surface area contributed by atoms with Crippen molar-refractivity contribution in [2.24, 2.45) is 5.73 Å². The summed E-state index contributed by atoms with van der Waals surface area (Å²) < 4.78 is 5.34. The molecular formula is C13H22N2O. The third kappa shape index (κ3) is 5.63. The quantitative estimate of drug-likeness (QED) is 0.752. The van der Waals surface area contributed by atoms with E-state index in [1.54, 1.807) is 6.92 Å². The van der Waals surface area contributed by atoms with Gasteiger partial charge in [-0.2, -0.15) is 0 Å². The first-order valence-electron chi connectivity index (χ1n) is 5.62. The van der Waals surface area contributed by atoms with Crippen LogP contribution < -0.4 is 5.73 Å². The summed E-state index contributed by atoms with van der Waals surface area (Å²) in [5, 5.41) is 7.21. The molecule has 0 radical (unpaired) electrons. The Hall–Kier alpha value is -1.19. The van der Waals surface area contributed by atoms with Crippen molar-refractivity contribution in [3.05, 3.63) is 35.4 Å². The summed E-state index contributed by atoms with van der Waals surface area (Å²) in [7, 11) is 0. The molecule has 0 heterocycles. The molecule has 0 spiro atoms. The van der Waals surface area contributed by atoms with E-state index in [9.17, 15) is 0 Å². The fourth-order valence-electron chi connectivity index (χ4n) is 1.21. The number of benzene rings is 1. The summed E-state index contributed by atoms with van der Waals surface area (Å²) in [6.45, 7) is 7.18. The fraction of sp³-hybridized carbons (Fsp3) is 0.462. The van der Waals surface area contributed by atoms with E-state index in [0.29, 0.717) is 25.5 Å². The normalized spacial score (nSPS) is 9.25. The molecule has 90 valence electrons. The van der Waals surface area contributed by atoms with Gasteiger partial charge in [0.25, 0.3) is 0 Å². The zero-order valence-corrected chi connectivity index (χ0v) is 10.4. The molecule has 16 heavy (non-hydrogen) atoms. The molecule has 0 atom stereocenters. The van der Waals surface area contributed by atoms with Crippen LogP contribution >= 0.6 is 0 Å². The summed E-state index contributed by atoms with van der Waals surface area (Å²) in [6.07, 6.45) is 0. The molecule has 1 rings (SSSR count). The second-order valence-electron chi connectivity index (χ2n) is 3.25. The molecule has 0 aliphatic heterocycles. The standard InChI is InChI=1S/C11H16N2O.C2H6/c1-9(13)7-14-8-11-5-3-2-4-10(11)6-12;1-2/h2-5,13H,6-8,12H2,1H3;1-2H3. The molecule has 0 aliphatic rings. The molecule has 1 aromatic rings. The van der Waals surface area contributed by atoms with E-state index in [-0.39, 0.29) is 0 Å². The molecule has 1 aromatic carbocycles. The monoisotopic (exact) mass is 222 g/mol. The Bertz CT molecular complexity index is 311. The lowest BCUT2D eigenvalue weighted by molar-refractivity contribution is 0.156. The van der Waals surface area contributed by atoms with Crippen LogP contribution in [-0.2, 0) is 17.9 Å². The minimum absolute atomic E-state index is 0.388. The van der Waals surface area contributed by atoms with E-state index in [0.717, 1.165) is 11.1 Å². The van der Waals surface area contributed by atoms with Gasteiger partial charge in [0.15, 0.2) is 0 Å². The van der Waals surface area contributed by atoms with Gasteiger partial charge in [0.05, 0.1) is 13.2 Å². The van der Waals surface area contributed by atoms with Gasteiger partial charge in [-0.15, -0.1) is 0 Å². The number of hydrogen-bond donors (Lipinski definition) is 2. The van der Waals surface area contributed by atoms with Gasteiger partial charge < -0.3 is 15.9 Å². The minimum Gasteiger partial charge on any atom is -0.371 e. The van der Waals surface area contributed by atoms with E-state index in [4.69, 9.17) is 15.9 Å². The highest BCUT2D eigenvalue weighted by Gasteiger charge is 1.99. The molecular weight excluding hydrogens is 200 g/mol. The number of nitrogens with two attached hydrogens (primary N) is 1. The van der Waals surface area contributed by atoms with Crippen molar-refractivity contribution in [1.29, 1.82) is 5.41 Å². The van der Waals surface area contributed by atoms with Gasteiger partial charge in [-0.1, -0.05) is 38.1 Å². The largest absolute Gasteiger partial charge is 0.371 e. The zero-order chi connectivity index (χ0) is 12.4. The maximum atomic E-state index is 7.21. The molecule has 0 amide bonds. The average Bonchev–Trinajstić information content (AvgIpc) is 2.32. The predicted molar refractivity (Wildman–Crippen MR) is 68.7 cm³/mol. The predicted octanol–water partition coefficient (Wildman–Crippen LogP) is 2.73. The average molecular weight is 222 g/mol. The highest BCUT2D eigenvalue weighted by molar-refractivity contribution is 5.79. The van der Waals surface area contributed by atoms with Crippen LogP contribution in [0.3, 0.4) is 0 Å². The van der Waals surface area contributed by atoms with Gasteiger partial charge in [0, 0.05) is 12.3 Å². The number of nitrogens with one attached hydrogen (secondary N) is 1. The van der Waals surface area contributed by atoms with Gasteiger partial charge in [0.1, 0.15) is 0 Å². The lowest BCUT2D eigenvalue weighted by atomic mass is 10.1. The van der Waals surface area contributed by atoms with Crippen LogP contribution in [-0.4, -0.2) is 12.3 Å². The second kappa shape index (κ2) is 9.07. The first kappa shape index (κ1) is 14.8. The van der Waals surface area contributed by atoms with Crippen LogP contribution in [0.1, 0.15) is 31.9 Å². The molecule has 3 nitrogen and oxygen atoms in total. The van der Waals surface area contributed by atoms with Crippen LogP contribution in [0, 0.1) is 5.41 Å². The van der Waals surface area contributed by atoms with E-state index in [2.05, 4.69) is 0 Å². The topological polar surface area (TPSA) is 59.1 Å². The summed E-state index contributed by atoms with van der Waals surface area (Å²) in [4.78, 5) is 0. The van der Waals surface area contributed by atoms with Crippen molar-refractivity contribution in [3.63, 3.8) is 0 Å². The van der Waals surface area contributed by atoms with Gasteiger partial charge in [0.2, 0.25) is 0 Å². The summed E-state index contributed by atoms with van der Waals surface area (Å²) in [6, 6.07) is 7.93. The van der Waals surface area contributed by atoms with Crippen molar-refractivity contribution >= 4 is 5.71 Å². The SMILES string of the molecule is CC.CC(=N)COCc1ccccc1CN. The van der Waals surface area contributed by atoms with Gasteiger partial charge in [-0.05, 0) is 18.1 Å². The van der Waals surface area contributed by atoms with Crippen molar-refractivity contribution < 1.29 is 4.74 Å². The fourth-order valence-corrected chi connectivity index (χ4v) is 1.21. The third-order valence-electron chi connectivity index (χ3n) is 1.91. The summed E-state index contributed by atoms with van der Waals surface area (Å²) in [5.74, 6) is 0. The van der Waals surface area contributed by atoms with Gasteiger partial charge in [-0.3, -0.25) is 0 Å². The molecule has 3 heteroatoms. The third-order valence-corrected chi connectivity index (χ3v) is 1.91. The molecule has 0 saturated carbocycles. The maximum Gasteiger partial charge on any atom is 0.0843 e. The van der Waals surface area contributed by atoms with E-state index < -0.39 is 0 Å². The van der Waals surface area contributed by atoms with Crippen LogP contribution in [0.2, 0.25) is 0 Å². The van der Waals surface area contributed by atoms with E-state index in [1.807, 2.05) is 38.1 Å². The van der Waals surface area contributed by atoms with E-state index in [1.165, 1.54) is 0 Å². The molecule has 0 saturated heterocycles. The Morgan fingerprint density at radius 2 is 1.81 bits per heavy atom. The Kier molecular flexibility index (Phi) is 8.39. The highest BCUT2D eigenvalue weighted by Crippen LogP contribution is 2.08. The second-order valence-corrected chi connectivity index (χ2v) is 3.25. The van der Waals surface area contributed by atoms with Gasteiger partial charge in [-0.25, -0.2) is 0 Å². The van der Waals surface area contributed by atoms with Crippen LogP contribution in [0.4, 0.5) is 0 Å². The van der Waals surface area contributed by atoms with Crippen LogP contribution in [0.5, 0.6) is 0 Å². The van der Waals surface area contributed by atoms with Crippen molar-refractivity contribution in [1.82, 2.24) is 0 Å². The van der Waals surface area contributed by atoms with Crippen molar-refractivity contribution in [2.45, 2.75) is 33.9 Å². The number of rotatable bonds is 5. The zero-order valence-electron chi connectivity index (χ0n) is 10.4. The Labute approximate surface area is 98.1 Å². The van der Waals surface area contributed by atoms with Crippen molar-refractivity contribution in [3.8, 4) is 0 Å². The van der Waals surface area contributed by atoms with E-state index >= 15 is 0 Å². The van der Waals surface area contributed by atoms with Crippen molar-refractivity contribution in [2.75, 3.05) is 6.61 Å². The number of ether oxygens (including phenoxy) is 1. The van der Waals surface area contributed by atoms with Crippen LogP contribution in [0.25, 0.3) is 0 Å². The summed E-state index contributed by atoms with van der Waals surface area (Å²) in [5.41, 5.74) is 8.34. The summed E-state index contributed by atoms with van der Waals surface area (Å²) >= 11 is 0. The lowest BCUT2D eigenvalue weighted by Gasteiger charge is -2.07. The Balaban J connectivity index is 0.00000106. The molecule has 0 bridgehead atoms. The Morgan fingerprint density at radius 1 is 1.25 bits per heavy atom. The van der Waals surface area contributed by atoms with Gasteiger partial charge >= 0.3 is 0 Å². The molecule has 0 unspecified atom stereocenters.